The molecule has 1 spiro atoms. The van der Waals surface area contributed by atoms with Crippen LogP contribution in [0, 0.1) is 6.92 Å². The molecule has 37 heavy (non-hydrogen) atoms. The highest BCUT2D eigenvalue weighted by Gasteiger charge is 2.47. The summed E-state index contributed by atoms with van der Waals surface area (Å²) in [6.45, 7) is 3.12. The molecule has 3 heterocycles. The molecule has 1 aromatic heterocycles. The summed E-state index contributed by atoms with van der Waals surface area (Å²) in [6.07, 6.45) is 3.53. The van der Waals surface area contributed by atoms with E-state index in [-0.39, 0.29) is 23.6 Å². The fourth-order valence-electron chi connectivity index (χ4n) is 6.05. The van der Waals surface area contributed by atoms with Crippen LogP contribution in [-0.4, -0.2) is 46.8 Å². The van der Waals surface area contributed by atoms with Crippen LogP contribution in [-0.2, 0) is 33.2 Å². The summed E-state index contributed by atoms with van der Waals surface area (Å²) in [5.74, 6) is -0.825. The second kappa shape index (κ2) is 8.85. The third kappa shape index (κ3) is 3.81. The number of hydrogen-bond donors (Lipinski definition) is 3. The van der Waals surface area contributed by atoms with E-state index in [1.807, 2.05) is 31.2 Å². The standard InChI is InChI=1S/C28H29N5O4/c1-16-4-3-5-17-14-19(23(16)17)24(32-25(34)22-8-11-29-33(22)2)26(35)30-18-6-7-20-21(15-18)31-27(36)28(20)9-12-37-13-10-28/h3-8,11,15,19,24H,9-10,12-14H2,1-2H3,(H,30,35)(H,31,36)(H,32,34). The number of nitrogens with zero attached hydrogens (tertiary/aromatic N) is 2. The molecule has 3 aromatic rings. The first-order valence-electron chi connectivity index (χ1n) is 12.6. The summed E-state index contributed by atoms with van der Waals surface area (Å²) in [7, 11) is 1.69. The van der Waals surface area contributed by atoms with Crippen molar-refractivity contribution in [2.45, 2.75) is 43.6 Å². The van der Waals surface area contributed by atoms with Gasteiger partial charge in [-0.3, -0.25) is 19.1 Å². The van der Waals surface area contributed by atoms with Crippen molar-refractivity contribution in [2.24, 2.45) is 7.05 Å². The Morgan fingerprint density at radius 3 is 2.73 bits per heavy atom. The molecule has 3 aliphatic rings. The van der Waals surface area contributed by atoms with Gasteiger partial charge in [0, 0.05) is 43.8 Å². The highest BCUT2D eigenvalue weighted by molar-refractivity contribution is 6.08. The molecular formula is C28H29N5O4. The average Bonchev–Trinajstić information content (AvgIpc) is 3.40. The van der Waals surface area contributed by atoms with Crippen LogP contribution in [0.3, 0.4) is 0 Å². The molecule has 1 fully saturated rings. The lowest BCUT2D eigenvalue weighted by Crippen LogP contribution is -2.51. The zero-order valence-electron chi connectivity index (χ0n) is 20.8. The third-order valence-electron chi connectivity index (χ3n) is 8.08. The van der Waals surface area contributed by atoms with E-state index in [1.54, 1.807) is 25.4 Å². The molecule has 0 saturated carbocycles. The molecule has 2 atom stereocenters. The Morgan fingerprint density at radius 2 is 2.00 bits per heavy atom. The number of anilines is 2. The number of nitrogens with one attached hydrogen (secondary N) is 3. The van der Waals surface area contributed by atoms with Gasteiger partial charge in [0.1, 0.15) is 11.7 Å². The summed E-state index contributed by atoms with van der Waals surface area (Å²) in [6, 6.07) is 12.5. The Kier molecular flexibility index (Phi) is 5.60. The molecule has 3 amide bonds. The summed E-state index contributed by atoms with van der Waals surface area (Å²) >= 11 is 0. The molecular weight excluding hydrogens is 470 g/mol. The van der Waals surface area contributed by atoms with Crippen LogP contribution in [0.2, 0.25) is 0 Å². The zero-order chi connectivity index (χ0) is 25.7. The maximum absolute atomic E-state index is 13.7. The van der Waals surface area contributed by atoms with Crippen LogP contribution in [0.25, 0.3) is 0 Å². The normalized spacial score (nSPS) is 19.8. The molecule has 9 nitrogen and oxygen atoms in total. The molecule has 1 aliphatic carbocycles. The molecule has 190 valence electrons. The van der Waals surface area contributed by atoms with Crippen molar-refractivity contribution < 1.29 is 19.1 Å². The number of amides is 3. The highest BCUT2D eigenvalue weighted by Crippen LogP contribution is 2.45. The fraction of sp³-hybridized carbons (Fsp3) is 0.357. The van der Waals surface area contributed by atoms with E-state index >= 15 is 0 Å². The van der Waals surface area contributed by atoms with Crippen LogP contribution < -0.4 is 16.0 Å². The first kappa shape index (κ1) is 23.4. The van der Waals surface area contributed by atoms with E-state index in [2.05, 4.69) is 27.1 Å². The molecule has 2 aliphatic heterocycles. The van der Waals surface area contributed by atoms with Gasteiger partial charge in [0.15, 0.2) is 0 Å². The van der Waals surface area contributed by atoms with Crippen LogP contribution in [0.5, 0.6) is 0 Å². The number of rotatable bonds is 5. The summed E-state index contributed by atoms with van der Waals surface area (Å²) in [4.78, 5) is 39.6. The highest BCUT2D eigenvalue weighted by atomic mass is 16.5. The van der Waals surface area contributed by atoms with Crippen molar-refractivity contribution in [3.63, 3.8) is 0 Å². The summed E-state index contributed by atoms with van der Waals surface area (Å²) < 4.78 is 6.97. The van der Waals surface area contributed by atoms with Gasteiger partial charge in [0.25, 0.3) is 5.91 Å². The number of carbonyl (C=O) groups excluding carboxylic acids is 3. The lowest BCUT2D eigenvalue weighted by Gasteiger charge is -2.37. The number of hydrogen-bond acceptors (Lipinski definition) is 5. The minimum Gasteiger partial charge on any atom is -0.381 e. The monoisotopic (exact) mass is 499 g/mol. The first-order chi connectivity index (χ1) is 17.9. The largest absolute Gasteiger partial charge is 0.381 e. The van der Waals surface area contributed by atoms with Gasteiger partial charge in [-0.05, 0) is 66.6 Å². The van der Waals surface area contributed by atoms with Crippen molar-refractivity contribution in [1.29, 1.82) is 0 Å². The molecule has 3 N–H and O–H groups in total. The van der Waals surface area contributed by atoms with E-state index in [9.17, 15) is 14.4 Å². The predicted molar refractivity (Wildman–Crippen MR) is 138 cm³/mol. The number of fused-ring (bicyclic) bond motifs is 3. The first-order valence-corrected chi connectivity index (χ1v) is 12.6. The van der Waals surface area contributed by atoms with Crippen molar-refractivity contribution in [3.8, 4) is 0 Å². The SMILES string of the molecule is Cc1cccc2c1C(C(NC(=O)c1ccnn1C)C(=O)Nc1ccc3c(c1)NC(=O)C31CCOCC1)C2. The van der Waals surface area contributed by atoms with Crippen LogP contribution >= 0.6 is 0 Å². The second-order valence-corrected chi connectivity index (χ2v) is 10.1. The minimum absolute atomic E-state index is 0.0165. The van der Waals surface area contributed by atoms with Gasteiger partial charge in [-0.2, -0.15) is 5.10 Å². The van der Waals surface area contributed by atoms with E-state index in [0.717, 1.165) is 16.7 Å². The van der Waals surface area contributed by atoms with Gasteiger partial charge in [-0.25, -0.2) is 0 Å². The van der Waals surface area contributed by atoms with Crippen LogP contribution in [0.15, 0.2) is 48.7 Å². The van der Waals surface area contributed by atoms with Crippen LogP contribution in [0.1, 0.15) is 51.5 Å². The summed E-state index contributed by atoms with van der Waals surface area (Å²) in [5, 5.41) is 13.0. The molecule has 0 radical (unpaired) electrons. The van der Waals surface area contributed by atoms with E-state index < -0.39 is 11.5 Å². The lowest BCUT2D eigenvalue weighted by molar-refractivity contribution is -0.124. The number of carbonyl (C=O) groups is 3. The quantitative estimate of drug-likeness (QED) is 0.500. The zero-order valence-corrected chi connectivity index (χ0v) is 20.8. The molecule has 9 heteroatoms. The summed E-state index contributed by atoms with van der Waals surface area (Å²) in [5.41, 5.74) is 5.44. The van der Waals surface area contributed by atoms with Gasteiger partial charge < -0.3 is 20.7 Å². The average molecular weight is 500 g/mol. The molecule has 2 unspecified atom stereocenters. The van der Waals surface area contributed by atoms with E-state index in [4.69, 9.17) is 4.74 Å². The van der Waals surface area contributed by atoms with Gasteiger partial charge in [-0.15, -0.1) is 0 Å². The Balaban J connectivity index is 1.27. The fourth-order valence-corrected chi connectivity index (χ4v) is 6.05. The Bertz CT molecular complexity index is 1410. The number of benzene rings is 2. The predicted octanol–water partition coefficient (Wildman–Crippen LogP) is 2.81. The number of aromatic nitrogens is 2. The maximum atomic E-state index is 13.7. The second-order valence-electron chi connectivity index (χ2n) is 10.1. The molecule has 1 saturated heterocycles. The maximum Gasteiger partial charge on any atom is 0.270 e. The number of aryl methyl sites for hydroxylation is 2. The van der Waals surface area contributed by atoms with Crippen molar-refractivity contribution in [3.05, 3.63) is 76.6 Å². The molecule has 2 aromatic carbocycles. The van der Waals surface area contributed by atoms with Crippen LogP contribution in [0.4, 0.5) is 11.4 Å². The van der Waals surface area contributed by atoms with Crippen molar-refractivity contribution >= 4 is 29.1 Å². The molecule has 0 bridgehead atoms. The smallest absolute Gasteiger partial charge is 0.270 e. The lowest BCUT2D eigenvalue weighted by atomic mass is 9.71. The van der Waals surface area contributed by atoms with Gasteiger partial charge >= 0.3 is 0 Å². The number of ether oxygens (including phenoxy) is 1. The van der Waals surface area contributed by atoms with E-state index in [1.165, 1.54) is 10.2 Å². The molecule has 6 rings (SSSR count). The van der Waals surface area contributed by atoms with Gasteiger partial charge in [0.2, 0.25) is 11.8 Å². The van der Waals surface area contributed by atoms with Gasteiger partial charge in [-0.1, -0.05) is 24.3 Å². The van der Waals surface area contributed by atoms with Crippen molar-refractivity contribution in [2.75, 3.05) is 23.8 Å². The Hall–Kier alpha value is -3.98. The van der Waals surface area contributed by atoms with Gasteiger partial charge in [0.05, 0.1) is 5.41 Å². The third-order valence-corrected chi connectivity index (χ3v) is 8.08. The van der Waals surface area contributed by atoms with Crippen molar-refractivity contribution in [1.82, 2.24) is 15.1 Å². The van der Waals surface area contributed by atoms with E-state index in [0.29, 0.717) is 49.5 Å². The Morgan fingerprint density at radius 1 is 1.19 bits per heavy atom. The topological polar surface area (TPSA) is 114 Å². The minimum atomic E-state index is -0.777. The Labute approximate surface area is 214 Å².